The van der Waals surface area contributed by atoms with Crippen LogP contribution in [-0.2, 0) is 10.0 Å². The van der Waals surface area contributed by atoms with E-state index in [1.54, 1.807) is 30.3 Å². The van der Waals surface area contributed by atoms with Gasteiger partial charge in [0.1, 0.15) is 5.75 Å². The number of carbonyl (C=O) groups is 1. The zero-order valence-electron chi connectivity index (χ0n) is 13.1. The highest BCUT2D eigenvalue weighted by atomic mass is 32.2. The minimum Gasteiger partial charge on any atom is -0.508 e. The van der Waals surface area contributed by atoms with E-state index < -0.39 is 15.9 Å². The van der Waals surface area contributed by atoms with Crippen molar-refractivity contribution in [3.63, 3.8) is 0 Å². The number of phenolic OH excluding ortho intramolecular Hbond substituents is 1. The molecule has 1 amide bonds. The van der Waals surface area contributed by atoms with Crippen molar-refractivity contribution >= 4 is 38.6 Å². The molecule has 132 valence electrons. The number of carbonyl (C=O) groups excluding carboxylic acids is 1. The maximum Gasteiger partial charge on any atom is 0.293 e. The molecule has 10 heteroatoms. The molecule has 0 aliphatic heterocycles. The summed E-state index contributed by atoms with van der Waals surface area (Å²) in [5.74, 6) is -0.629. The van der Waals surface area contributed by atoms with Gasteiger partial charge in [0.15, 0.2) is 0 Å². The summed E-state index contributed by atoms with van der Waals surface area (Å²) in [7, 11) is -4.14. The van der Waals surface area contributed by atoms with Crippen molar-refractivity contribution in [1.29, 1.82) is 0 Å². The van der Waals surface area contributed by atoms with E-state index in [2.05, 4.69) is 15.2 Å². The molecule has 0 spiro atoms. The SMILES string of the molecule is O=C(NS(=O)(=O)c1nnc(/N=C/c2ccc(O)cc2)s1)c1ccccc1. The van der Waals surface area contributed by atoms with Crippen molar-refractivity contribution in [1.82, 2.24) is 14.9 Å². The van der Waals surface area contributed by atoms with Gasteiger partial charge in [-0.1, -0.05) is 29.5 Å². The number of aromatic nitrogens is 2. The average Bonchev–Trinajstić information content (AvgIpc) is 3.12. The zero-order valence-corrected chi connectivity index (χ0v) is 14.7. The Hall–Kier alpha value is -3.11. The number of amides is 1. The molecule has 0 saturated heterocycles. The van der Waals surface area contributed by atoms with Gasteiger partial charge in [0, 0.05) is 11.8 Å². The molecule has 1 heterocycles. The van der Waals surface area contributed by atoms with Crippen LogP contribution in [0.1, 0.15) is 15.9 Å². The minimum absolute atomic E-state index is 0.116. The van der Waals surface area contributed by atoms with Crippen LogP contribution in [0, 0.1) is 0 Å². The topological polar surface area (TPSA) is 122 Å². The van der Waals surface area contributed by atoms with Gasteiger partial charge in [-0.15, -0.1) is 10.2 Å². The van der Waals surface area contributed by atoms with Crippen molar-refractivity contribution in [2.45, 2.75) is 4.34 Å². The highest BCUT2D eigenvalue weighted by molar-refractivity contribution is 7.92. The first-order valence-electron chi connectivity index (χ1n) is 7.23. The molecule has 26 heavy (non-hydrogen) atoms. The number of hydrogen-bond donors (Lipinski definition) is 2. The summed E-state index contributed by atoms with van der Waals surface area (Å²) in [6.45, 7) is 0. The fourth-order valence-corrected chi connectivity index (χ4v) is 3.68. The lowest BCUT2D eigenvalue weighted by Crippen LogP contribution is -2.30. The third-order valence-electron chi connectivity index (χ3n) is 3.11. The van der Waals surface area contributed by atoms with E-state index in [1.165, 1.54) is 30.5 Å². The fraction of sp³-hybridized carbons (Fsp3) is 0. The first-order chi connectivity index (χ1) is 12.4. The molecule has 8 nitrogen and oxygen atoms in total. The van der Waals surface area contributed by atoms with Crippen LogP contribution >= 0.6 is 11.3 Å². The molecule has 0 saturated carbocycles. The van der Waals surface area contributed by atoms with Gasteiger partial charge in [-0.05, 0) is 42.0 Å². The van der Waals surface area contributed by atoms with E-state index in [9.17, 15) is 18.3 Å². The van der Waals surface area contributed by atoms with Gasteiger partial charge >= 0.3 is 0 Å². The second-order valence-electron chi connectivity index (χ2n) is 5.00. The number of phenols is 1. The van der Waals surface area contributed by atoms with E-state index in [0.29, 0.717) is 5.56 Å². The third-order valence-corrected chi connectivity index (χ3v) is 5.64. The van der Waals surface area contributed by atoms with Crippen molar-refractivity contribution in [3.8, 4) is 5.75 Å². The molecule has 0 aliphatic rings. The molecule has 2 N–H and O–H groups in total. The second-order valence-corrected chi connectivity index (χ2v) is 7.81. The van der Waals surface area contributed by atoms with Gasteiger partial charge in [-0.2, -0.15) is 8.42 Å². The van der Waals surface area contributed by atoms with Gasteiger partial charge in [0.2, 0.25) is 5.13 Å². The monoisotopic (exact) mass is 388 g/mol. The molecule has 0 fully saturated rings. The molecule has 0 bridgehead atoms. The number of nitrogens with one attached hydrogen (secondary N) is 1. The van der Waals surface area contributed by atoms with Gasteiger partial charge in [0.25, 0.3) is 20.3 Å². The number of aliphatic imine (C=N–C) groups is 1. The van der Waals surface area contributed by atoms with Crippen molar-refractivity contribution < 1.29 is 18.3 Å². The smallest absolute Gasteiger partial charge is 0.293 e. The average molecular weight is 388 g/mol. The lowest BCUT2D eigenvalue weighted by Gasteiger charge is -2.03. The summed E-state index contributed by atoms with van der Waals surface area (Å²) in [5, 5.41) is 16.6. The summed E-state index contributed by atoms with van der Waals surface area (Å²) >= 11 is 0.727. The van der Waals surface area contributed by atoms with Crippen molar-refractivity contribution in [2.24, 2.45) is 4.99 Å². The fourth-order valence-electron chi connectivity index (χ4n) is 1.87. The van der Waals surface area contributed by atoms with Crippen LogP contribution in [0.2, 0.25) is 0 Å². The van der Waals surface area contributed by atoms with Gasteiger partial charge < -0.3 is 5.11 Å². The van der Waals surface area contributed by atoms with Crippen LogP contribution in [0.3, 0.4) is 0 Å². The lowest BCUT2D eigenvalue weighted by molar-refractivity contribution is 0.0981. The van der Waals surface area contributed by atoms with Crippen LogP contribution in [0.15, 0.2) is 63.9 Å². The number of rotatable bonds is 5. The summed E-state index contributed by atoms with van der Waals surface area (Å²) in [6, 6.07) is 14.2. The van der Waals surface area contributed by atoms with Crippen LogP contribution < -0.4 is 4.72 Å². The highest BCUT2D eigenvalue weighted by Crippen LogP contribution is 2.22. The van der Waals surface area contributed by atoms with Gasteiger partial charge in [-0.3, -0.25) is 4.79 Å². The third kappa shape index (κ3) is 4.29. The standard InChI is InChI=1S/C16H12N4O4S2/c21-13-8-6-11(7-9-13)10-17-15-18-19-16(25-15)26(23,24)20-14(22)12-4-2-1-3-5-12/h1-10,21H,(H,20,22)/b17-10+. The predicted molar refractivity (Wildman–Crippen MR) is 96.4 cm³/mol. The van der Waals surface area contributed by atoms with Gasteiger partial charge in [-0.25, -0.2) is 9.71 Å². The second kappa shape index (κ2) is 7.42. The van der Waals surface area contributed by atoms with Crippen molar-refractivity contribution in [2.75, 3.05) is 0 Å². The summed E-state index contributed by atoms with van der Waals surface area (Å²) in [5.41, 5.74) is 0.908. The molecule has 0 aliphatic carbocycles. The van der Waals surface area contributed by atoms with Gasteiger partial charge in [0.05, 0.1) is 0 Å². The number of benzene rings is 2. The van der Waals surface area contributed by atoms with Crippen molar-refractivity contribution in [3.05, 3.63) is 65.7 Å². The first-order valence-corrected chi connectivity index (χ1v) is 9.53. The van der Waals surface area contributed by atoms with E-state index >= 15 is 0 Å². The first kappa shape index (κ1) is 17.7. The highest BCUT2D eigenvalue weighted by Gasteiger charge is 2.23. The Morgan fingerprint density at radius 1 is 1.08 bits per heavy atom. The molecule has 0 unspecified atom stereocenters. The molecule has 3 aromatic rings. The minimum atomic E-state index is -4.14. The van der Waals surface area contributed by atoms with E-state index in [0.717, 1.165) is 11.3 Å². The molecule has 0 radical (unpaired) electrons. The molecular formula is C16H12N4O4S2. The Kier molecular flexibility index (Phi) is 5.05. The van der Waals surface area contributed by atoms with Crippen LogP contribution in [0.25, 0.3) is 0 Å². The summed E-state index contributed by atoms with van der Waals surface area (Å²) < 4.78 is 26.1. The Morgan fingerprint density at radius 3 is 2.46 bits per heavy atom. The molecule has 2 aromatic carbocycles. The summed E-state index contributed by atoms with van der Waals surface area (Å²) in [6.07, 6.45) is 1.46. The van der Waals surface area contributed by atoms with E-state index in [1.807, 2.05) is 4.72 Å². The number of hydrogen-bond acceptors (Lipinski definition) is 8. The van der Waals surface area contributed by atoms with Crippen LogP contribution in [-0.4, -0.2) is 35.8 Å². The summed E-state index contributed by atoms with van der Waals surface area (Å²) in [4.78, 5) is 16.0. The Bertz CT molecular complexity index is 1050. The Morgan fingerprint density at radius 2 is 1.77 bits per heavy atom. The lowest BCUT2D eigenvalue weighted by atomic mass is 10.2. The quantitative estimate of drug-likeness (QED) is 0.646. The van der Waals surface area contributed by atoms with E-state index in [4.69, 9.17) is 0 Å². The maximum absolute atomic E-state index is 12.2. The molecule has 1 aromatic heterocycles. The maximum atomic E-state index is 12.2. The number of aromatic hydroxyl groups is 1. The number of sulfonamides is 1. The molecular weight excluding hydrogens is 376 g/mol. The number of nitrogens with zero attached hydrogens (tertiary/aromatic N) is 3. The zero-order chi connectivity index (χ0) is 18.6. The largest absolute Gasteiger partial charge is 0.508 e. The van der Waals surface area contributed by atoms with Crippen LogP contribution in [0.5, 0.6) is 5.75 Å². The Balaban J connectivity index is 1.73. The van der Waals surface area contributed by atoms with E-state index in [-0.39, 0.29) is 20.8 Å². The van der Waals surface area contributed by atoms with Crippen LogP contribution in [0.4, 0.5) is 5.13 Å². The molecule has 0 atom stereocenters. The predicted octanol–water partition coefficient (Wildman–Crippen LogP) is 2.11. The Labute approximate surface area is 152 Å². The molecule has 3 rings (SSSR count). The normalized spacial score (nSPS) is 11.5.